The molecule has 0 radical (unpaired) electrons. The van der Waals surface area contributed by atoms with Crippen LogP contribution in [-0.4, -0.2) is 26.2 Å². The van der Waals surface area contributed by atoms with Gasteiger partial charge in [-0.2, -0.15) is 0 Å². The number of carbonyl (C=O) groups is 2. The number of benzene rings is 1. The Kier molecular flexibility index (Phi) is 6.02. The van der Waals surface area contributed by atoms with Gasteiger partial charge in [-0.1, -0.05) is 13.8 Å². The van der Waals surface area contributed by atoms with Gasteiger partial charge in [0.1, 0.15) is 17.0 Å². The Morgan fingerprint density at radius 1 is 1.09 bits per heavy atom. The first-order chi connectivity index (χ1) is 10.4. The maximum Gasteiger partial charge on any atom is 0.317 e. The average Bonchev–Trinajstić information content (AvgIpc) is 2.50. The molecule has 0 aromatic heterocycles. The monoisotopic (exact) mass is 314 g/mol. The van der Waals surface area contributed by atoms with E-state index in [4.69, 9.17) is 9.47 Å². The van der Waals surface area contributed by atoms with Gasteiger partial charge < -0.3 is 9.47 Å². The van der Waals surface area contributed by atoms with Gasteiger partial charge in [-0.3, -0.25) is 9.59 Å². The highest BCUT2D eigenvalue weighted by molar-refractivity contribution is 5.90. The summed E-state index contributed by atoms with van der Waals surface area (Å²) in [6, 6.07) is 2.81. The SMILES string of the molecule is CCC(C(=O)OC)C(CC)(C(=O)OC)c1cc(F)cc(F)c1. The maximum absolute atomic E-state index is 13.6. The number of esters is 2. The molecule has 4 nitrogen and oxygen atoms in total. The summed E-state index contributed by atoms with van der Waals surface area (Å²) >= 11 is 0. The van der Waals surface area contributed by atoms with Crippen LogP contribution in [0.5, 0.6) is 0 Å². The van der Waals surface area contributed by atoms with Crippen molar-refractivity contribution in [2.24, 2.45) is 5.92 Å². The van der Waals surface area contributed by atoms with Gasteiger partial charge in [0.2, 0.25) is 0 Å². The molecule has 0 amide bonds. The zero-order chi connectivity index (χ0) is 16.9. The molecule has 22 heavy (non-hydrogen) atoms. The van der Waals surface area contributed by atoms with E-state index in [-0.39, 0.29) is 18.4 Å². The largest absolute Gasteiger partial charge is 0.469 e. The van der Waals surface area contributed by atoms with Gasteiger partial charge in [-0.25, -0.2) is 8.78 Å². The quantitative estimate of drug-likeness (QED) is 0.758. The van der Waals surface area contributed by atoms with E-state index < -0.39 is 34.9 Å². The molecule has 0 aliphatic carbocycles. The third-order valence-corrected chi connectivity index (χ3v) is 3.97. The van der Waals surface area contributed by atoms with Gasteiger partial charge in [-0.15, -0.1) is 0 Å². The molecule has 0 fully saturated rings. The van der Waals surface area contributed by atoms with Crippen LogP contribution in [0.15, 0.2) is 18.2 Å². The molecule has 0 bridgehead atoms. The molecule has 1 aromatic carbocycles. The van der Waals surface area contributed by atoms with Crippen molar-refractivity contribution >= 4 is 11.9 Å². The number of halogens is 2. The number of methoxy groups -OCH3 is 2. The van der Waals surface area contributed by atoms with Crippen LogP contribution in [0.2, 0.25) is 0 Å². The molecular weight excluding hydrogens is 294 g/mol. The fourth-order valence-electron chi connectivity index (χ4n) is 2.91. The third-order valence-electron chi connectivity index (χ3n) is 3.97. The summed E-state index contributed by atoms with van der Waals surface area (Å²) in [5.41, 5.74) is -1.43. The van der Waals surface area contributed by atoms with E-state index in [9.17, 15) is 18.4 Å². The minimum atomic E-state index is -1.50. The van der Waals surface area contributed by atoms with Gasteiger partial charge in [0.25, 0.3) is 0 Å². The van der Waals surface area contributed by atoms with E-state index >= 15 is 0 Å². The molecule has 2 atom stereocenters. The first-order valence-corrected chi connectivity index (χ1v) is 7.00. The van der Waals surface area contributed by atoms with Gasteiger partial charge in [0.15, 0.2) is 0 Å². The van der Waals surface area contributed by atoms with Crippen LogP contribution < -0.4 is 0 Å². The van der Waals surface area contributed by atoms with Crippen molar-refractivity contribution in [3.8, 4) is 0 Å². The smallest absolute Gasteiger partial charge is 0.317 e. The van der Waals surface area contributed by atoms with E-state index in [2.05, 4.69) is 0 Å². The molecule has 122 valence electrons. The van der Waals surface area contributed by atoms with Crippen LogP contribution in [0.3, 0.4) is 0 Å². The Bertz CT molecular complexity index is 539. The highest BCUT2D eigenvalue weighted by Crippen LogP contribution is 2.40. The van der Waals surface area contributed by atoms with Crippen molar-refractivity contribution in [1.29, 1.82) is 0 Å². The van der Waals surface area contributed by atoms with E-state index in [0.717, 1.165) is 12.1 Å². The third kappa shape index (κ3) is 3.10. The molecule has 6 heteroatoms. The number of hydrogen-bond acceptors (Lipinski definition) is 4. The molecule has 0 saturated carbocycles. The first-order valence-electron chi connectivity index (χ1n) is 7.00. The molecular formula is C16H20F2O4. The van der Waals surface area contributed by atoms with Crippen molar-refractivity contribution in [2.75, 3.05) is 14.2 Å². The normalized spacial score (nSPS) is 14.8. The van der Waals surface area contributed by atoms with Crippen molar-refractivity contribution < 1.29 is 27.8 Å². The molecule has 1 aromatic rings. The number of rotatable bonds is 6. The second-order valence-electron chi connectivity index (χ2n) is 4.96. The van der Waals surface area contributed by atoms with E-state index in [1.165, 1.54) is 14.2 Å². The van der Waals surface area contributed by atoms with Crippen LogP contribution >= 0.6 is 0 Å². The summed E-state index contributed by atoms with van der Waals surface area (Å²) in [5.74, 6) is -3.90. The van der Waals surface area contributed by atoms with Gasteiger partial charge in [0.05, 0.1) is 20.1 Å². The summed E-state index contributed by atoms with van der Waals surface area (Å²) in [5, 5.41) is 0. The molecule has 0 spiro atoms. The molecule has 0 heterocycles. The Balaban J connectivity index is 3.63. The molecule has 0 N–H and O–H groups in total. The van der Waals surface area contributed by atoms with E-state index in [1.54, 1.807) is 13.8 Å². The molecule has 0 aliphatic heterocycles. The topological polar surface area (TPSA) is 52.6 Å². The lowest BCUT2D eigenvalue weighted by Crippen LogP contribution is -2.47. The highest BCUT2D eigenvalue weighted by Gasteiger charge is 2.50. The zero-order valence-corrected chi connectivity index (χ0v) is 13.1. The van der Waals surface area contributed by atoms with Crippen molar-refractivity contribution in [3.63, 3.8) is 0 Å². The Morgan fingerprint density at radius 3 is 2.00 bits per heavy atom. The second kappa shape index (κ2) is 7.33. The number of ether oxygens (including phenoxy) is 2. The Hall–Kier alpha value is -1.98. The lowest BCUT2D eigenvalue weighted by Gasteiger charge is -2.36. The molecule has 0 saturated heterocycles. The Labute approximate surface area is 128 Å². The van der Waals surface area contributed by atoms with Crippen molar-refractivity contribution in [2.45, 2.75) is 32.1 Å². The standard InChI is InChI=1S/C16H20F2O4/c1-5-13(14(19)21-3)16(6-2,15(20)22-4)10-7-11(17)9-12(18)8-10/h7-9,13H,5-6H2,1-4H3. The minimum absolute atomic E-state index is 0.0663. The summed E-state index contributed by atoms with van der Waals surface area (Å²) in [6.45, 7) is 3.36. The summed E-state index contributed by atoms with van der Waals surface area (Å²) in [7, 11) is 2.38. The number of carbonyl (C=O) groups excluding carboxylic acids is 2. The van der Waals surface area contributed by atoms with Crippen LogP contribution in [0, 0.1) is 17.6 Å². The van der Waals surface area contributed by atoms with Crippen LogP contribution in [0.1, 0.15) is 32.3 Å². The van der Waals surface area contributed by atoms with Gasteiger partial charge in [-0.05, 0) is 30.5 Å². The fourth-order valence-corrected chi connectivity index (χ4v) is 2.91. The lowest BCUT2D eigenvalue weighted by atomic mass is 9.67. The fraction of sp³-hybridized carbons (Fsp3) is 0.500. The summed E-state index contributed by atoms with van der Waals surface area (Å²) in [6.07, 6.45) is 0.393. The Morgan fingerprint density at radius 2 is 1.64 bits per heavy atom. The van der Waals surface area contributed by atoms with Gasteiger partial charge in [0, 0.05) is 6.07 Å². The van der Waals surface area contributed by atoms with Crippen LogP contribution in [0.4, 0.5) is 8.78 Å². The minimum Gasteiger partial charge on any atom is -0.469 e. The van der Waals surface area contributed by atoms with Crippen LogP contribution in [0.25, 0.3) is 0 Å². The average molecular weight is 314 g/mol. The predicted molar refractivity (Wildman–Crippen MR) is 76.1 cm³/mol. The van der Waals surface area contributed by atoms with Crippen molar-refractivity contribution in [3.05, 3.63) is 35.4 Å². The second-order valence-corrected chi connectivity index (χ2v) is 4.96. The molecule has 2 unspecified atom stereocenters. The van der Waals surface area contributed by atoms with Crippen molar-refractivity contribution in [1.82, 2.24) is 0 Å². The molecule has 0 aliphatic rings. The number of hydrogen-bond donors (Lipinski definition) is 0. The molecule has 1 rings (SSSR count). The lowest BCUT2D eigenvalue weighted by molar-refractivity contribution is -0.160. The van der Waals surface area contributed by atoms with E-state index in [1.807, 2.05) is 0 Å². The highest BCUT2D eigenvalue weighted by atomic mass is 19.1. The van der Waals surface area contributed by atoms with Crippen LogP contribution in [-0.2, 0) is 24.5 Å². The maximum atomic E-state index is 13.6. The predicted octanol–water partition coefficient (Wildman–Crippen LogP) is 2.98. The van der Waals surface area contributed by atoms with E-state index in [0.29, 0.717) is 6.07 Å². The zero-order valence-electron chi connectivity index (χ0n) is 13.1. The van der Waals surface area contributed by atoms with Gasteiger partial charge >= 0.3 is 11.9 Å². The summed E-state index contributed by atoms with van der Waals surface area (Å²) in [4.78, 5) is 24.5. The summed E-state index contributed by atoms with van der Waals surface area (Å²) < 4.78 is 36.8. The first kappa shape index (κ1) is 18.1.